The maximum atomic E-state index is 12.1. The van der Waals surface area contributed by atoms with Gasteiger partial charge in [0.05, 0.1) is 20.1 Å². The number of carboxylic acids is 1. The van der Waals surface area contributed by atoms with Gasteiger partial charge in [-0.15, -0.1) is 13.2 Å². The minimum atomic E-state index is -4.71. The summed E-state index contributed by atoms with van der Waals surface area (Å²) >= 11 is 0. The molecular weight excluding hydrogens is 479 g/mol. The molecule has 0 unspecified atom stereocenters. The molecule has 0 amide bonds. The van der Waals surface area contributed by atoms with E-state index >= 15 is 0 Å². The Labute approximate surface area is 208 Å². The van der Waals surface area contributed by atoms with Crippen LogP contribution in [0.1, 0.15) is 31.4 Å². The highest BCUT2D eigenvalue weighted by Gasteiger charge is 2.31. The first-order valence-electron chi connectivity index (χ1n) is 10.9. The SMILES string of the molecule is C=C/C(=C\C(=C/C)c1ccccc1)OC(F)(F)F.CCCOc1cc(CC(=O)O)cc(ONOC)c1. The van der Waals surface area contributed by atoms with Crippen LogP contribution in [0.4, 0.5) is 13.2 Å². The van der Waals surface area contributed by atoms with Gasteiger partial charge in [0.15, 0.2) is 5.75 Å². The van der Waals surface area contributed by atoms with E-state index < -0.39 is 12.3 Å². The second-order valence-corrected chi connectivity index (χ2v) is 7.03. The number of hydrogen-bond donors (Lipinski definition) is 2. The minimum absolute atomic E-state index is 0.0906. The predicted octanol–water partition coefficient (Wildman–Crippen LogP) is 6.24. The van der Waals surface area contributed by atoms with E-state index in [0.29, 0.717) is 29.2 Å². The van der Waals surface area contributed by atoms with Crippen LogP contribution >= 0.6 is 0 Å². The van der Waals surface area contributed by atoms with Crippen LogP contribution in [-0.4, -0.2) is 31.2 Å². The number of hydrogen-bond acceptors (Lipinski definition) is 6. The third-order valence-electron chi connectivity index (χ3n) is 4.16. The van der Waals surface area contributed by atoms with E-state index in [1.165, 1.54) is 13.2 Å². The molecule has 0 bridgehead atoms. The maximum Gasteiger partial charge on any atom is 0.573 e. The molecule has 0 heterocycles. The highest BCUT2D eigenvalue weighted by atomic mass is 19.4. The third kappa shape index (κ3) is 12.6. The lowest BCUT2D eigenvalue weighted by Gasteiger charge is -2.10. The molecule has 0 spiro atoms. The molecule has 196 valence electrons. The third-order valence-corrected chi connectivity index (χ3v) is 4.16. The molecular formula is C26H30F3NO6. The van der Waals surface area contributed by atoms with Crippen LogP contribution in [0.3, 0.4) is 0 Å². The Balaban J connectivity index is 0.000000360. The zero-order valence-electron chi connectivity index (χ0n) is 20.3. The van der Waals surface area contributed by atoms with Gasteiger partial charge in [0, 0.05) is 6.07 Å². The summed E-state index contributed by atoms with van der Waals surface area (Å²) in [5, 5.41) is 8.78. The zero-order valence-corrected chi connectivity index (χ0v) is 20.3. The highest BCUT2D eigenvalue weighted by molar-refractivity contribution is 5.74. The fourth-order valence-electron chi connectivity index (χ4n) is 2.74. The van der Waals surface area contributed by atoms with Crippen molar-refractivity contribution >= 4 is 11.5 Å². The van der Waals surface area contributed by atoms with Crippen LogP contribution < -0.4 is 15.2 Å². The Morgan fingerprint density at radius 2 is 1.81 bits per heavy atom. The quantitative estimate of drug-likeness (QED) is 0.199. The summed E-state index contributed by atoms with van der Waals surface area (Å²) in [5.74, 6) is -0.238. The summed E-state index contributed by atoms with van der Waals surface area (Å²) in [4.78, 5) is 20.3. The van der Waals surface area contributed by atoms with Crippen molar-refractivity contribution in [3.63, 3.8) is 0 Å². The van der Waals surface area contributed by atoms with Crippen LogP contribution in [0.5, 0.6) is 11.5 Å². The molecule has 7 nitrogen and oxygen atoms in total. The van der Waals surface area contributed by atoms with Crippen molar-refractivity contribution in [3.05, 3.63) is 90.2 Å². The minimum Gasteiger partial charge on any atom is -0.493 e. The number of allylic oxidation sites excluding steroid dienone is 4. The topological polar surface area (TPSA) is 86.3 Å². The van der Waals surface area contributed by atoms with Crippen LogP contribution in [-0.2, 0) is 20.8 Å². The number of ether oxygens (including phenoxy) is 2. The lowest BCUT2D eigenvalue weighted by atomic mass is 10.1. The lowest BCUT2D eigenvalue weighted by Crippen LogP contribution is -2.16. The molecule has 0 aliphatic carbocycles. The molecule has 2 rings (SSSR count). The smallest absolute Gasteiger partial charge is 0.493 e. The fourth-order valence-corrected chi connectivity index (χ4v) is 2.74. The van der Waals surface area contributed by atoms with E-state index in [0.717, 1.165) is 18.1 Å². The van der Waals surface area contributed by atoms with E-state index in [2.05, 4.69) is 21.8 Å². The molecule has 10 heteroatoms. The lowest BCUT2D eigenvalue weighted by molar-refractivity contribution is -0.303. The molecule has 0 fully saturated rings. The first kappa shape index (κ1) is 30.3. The van der Waals surface area contributed by atoms with Gasteiger partial charge in [-0.05, 0) is 60.0 Å². The van der Waals surface area contributed by atoms with Crippen LogP contribution in [0, 0.1) is 0 Å². The zero-order chi connectivity index (χ0) is 27.0. The monoisotopic (exact) mass is 509 g/mol. The van der Waals surface area contributed by atoms with E-state index in [1.807, 2.05) is 25.1 Å². The van der Waals surface area contributed by atoms with Gasteiger partial charge < -0.3 is 19.4 Å². The largest absolute Gasteiger partial charge is 0.573 e. The average Bonchev–Trinajstić information content (AvgIpc) is 2.83. The number of halogens is 3. The summed E-state index contributed by atoms with van der Waals surface area (Å²) in [6.45, 7) is 7.60. The highest BCUT2D eigenvalue weighted by Crippen LogP contribution is 2.25. The van der Waals surface area contributed by atoms with E-state index in [1.54, 1.807) is 43.3 Å². The summed E-state index contributed by atoms with van der Waals surface area (Å²) < 4.78 is 45.7. The average molecular weight is 510 g/mol. The maximum absolute atomic E-state index is 12.1. The van der Waals surface area contributed by atoms with Gasteiger partial charge in [-0.25, -0.2) is 0 Å². The Hall–Kier alpha value is -3.76. The predicted molar refractivity (Wildman–Crippen MR) is 130 cm³/mol. The van der Waals surface area contributed by atoms with Gasteiger partial charge in [0.25, 0.3) is 0 Å². The molecule has 0 aliphatic rings. The van der Waals surface area contributed by atoms with Crippen molar-refractivity contribution in [1.29, 1.82) is 0 Å². The number of carboxylic acid groups (broad SMARTS) is 1. The van der Waals surface area contributed by atoms with E-state index in [9.17, 15) is 18.0 Å². The number of nitrogens with one attached hydrogen (secondary N) is 1. The van der Waals surface area contributed by atoms with Crippen molar-refractivity contribution in [3.8, 4) is 11.5 Å². The van der Waals surface area contributed by atoms with Crippen LogP contribution in [0.25, 0.3) is 5.57 Å². The van der Waals surface area contributed by atoms with Gasteiger partial charge in [0.1, 0.15) is 11.5 Å². The molecule has 36 heavy (non-hydrogen) atoms. The van der Waals surface area contributed by atoms with Crippen molar-refractivity contribution in [2.75, 3.05) is 13.7 Å². The summed E-state index contributed by atoms with van der Waals surface area (Å²) in [7, 11) is 1.41. The number of carbonyl (C=O) groups is 1. The Morgan fingerprint density at radius 3 is 2.33 bits per heavy atom. The first-order valence-corrected chi connectivity index (χ1v) is 10.9. The van der Waals surface area contributed by atoms with Crippen molar-refractivity contribution in [1.82, 2.24) is 5.64 Å². The van der Waals surface area contributed by atoms with E-state index in [4.69, 9.17) is 14.7 Å². The van der Waals surface area contributed by atoms with Crippen molar-refractivity contribution < 1.29 is 42.2 Å². The summed E-state index contributed by atoms with van der Waals surface area (Å²) in [6, 6.07) is 14.0. The van der Waals surface area contributed by atoms with Crippen molar-refractivity contribution in [2.45, 2.75) is 33.1 Å². The molecule has 2 N–H and O–H groups in total. The molecule has 2 aromatic rings. The summed E-state index contributed by atoms with van der Waals surface area (Å²) in [6.07, 6.45) is 0.103. The Kier molecular flexibility index (Phi) is 13.5. The standard InChI is InChI=1S/C14H13F3O.C12H17NO5/c1-3-11(12-8-6-5-7-9-12)10-13(4-2)18-14(15,16)17;1-3-4-17-10-5-9(7-12(14)15)6-11(8-10)18-13-16-2/h3-10H,2H2,1H3;5-6,8,13H,3-4,7H2,1-2H3,(H,14,15)/b11-3+,13-10+;. The van der Waals surface area contributed by atoms with Gasteiger partial charge >= 0.3 is 12.3 Å². The van der Waals surface area contributed by atoms with E-state index in [-0.39, 0.29) is 12.2 Å². The molecule has 0 saturated carbocycles. The first-order chi connectivity index (χ1) is 17.1. The van der Waals surface area contributed by atoms with Gasteiger partial charge in [-0.1, -0.05) is 49.9 Å². The molecule has 0 radical (unpaired) electrons. The van der Waals surface area contributed by atoms with Gasteiger partial charge in [-0.2, -0.15) is 0 Å². The molecule has 0 atom stereocenters. The number of rotatable bonds is 12. The fraction of sp³-hybridized carbons (Fsp3) is 0.269. The van der Waals surface area contributed by atoms with Gasteiger partial charge in [0.2, 0.25) is 0 Å². The van der Waals surface area contributed by atoms with Crippen LogP contribution in [0.2, 0.25) is 0 Å². The normalized spacial score (nSPS) is 11.7. The molecule has 0 aliphatic heterocycles. The Bertz CT molecular complexity index is 994. The van der Waals surface area contributed by atoms with Gasteiger partial charge in [-0.3, -0.25) is 9.63 Å². The Morgan fingerprint density at radius 1 is 1.14 bits per heavy atom. The number of alkyl halides is 3. The van der Waals surface area contributed by atoms with Crippen LogP contribution in [0.15, 0.2) is 79.1 Å². The number of aliphatic carboxylic acids is 1. The number of benzene rings is 2. The second-order valence-electron chi connectivity index (χ2n) is 7.03. The summed E-state index contributed by atoms with van der Waals surface area (Å²) in [5.41, 5.74) is 4.27. The second kappa shape index (κ2) is 16.0. The molecule has 0 saturated heterocycles. The molecule has 2 aromatic carbocycles. The molecule has 0 aromatic heterocycles. The van der Waals surface area contributed by atoms with Crippen molar-refractivity contribution in [2.24, 2.45) is 0 Å².